The molecule has 1 atom stereocenters. The third-order valence-electron chi connectivity index (χ3n) is 4.46. The van der Waals surface area contributed by atoms with Crippen LogP contribution in [0, 0.1) is 5.92 Å². The molecule has 7 heteroatoms. The molecule has 2 aliphatic rings. The maximum Gasteiger partial charge on any atom is 0.437 e. The highest BCUT2D eigenvalue weighted by Crippen LogP contribution is 2.28. The normalized spacial score (nSPS) is 21.7. The van der Waals surface area contributed by atoms with Crippen LogP contribution in [0.5, 0.6) is 5.75 Å². The molecule has 3 rings (SSSR count). The maximum absolute atomic E-state index is 12.7. The third kappa shape index (κ3) is 3.12. The Balaban J connectivity index is 1.91. The first kappa shape index (κ1) is 16.4. The molecule has 2 heterocycles. The lowest BCUT2D eigenvalue weighted by Crippen LogP contribution is -2.41. The van der Waals surface area contributed by atoms with Crippen LogP contribution in [-0.2, 0) is 9.53 Å². The lowest BCUT2D eigenvalue weighted by atomic mass is 9.95. The summed E-state index contributed by atoms with van der Waals surface area (Å²) in [7, 11) is 1.21. The quantitative estimate of drug-likeness (QED) is 0.913. The van der Waals surface area contributed by atoms with E-state index in [0.29, 0.717) is 17.8 Å². The van der Waals surface area contributed by atoms with Gasteiger partial charge >= 0.3 is 6.09 Å². The number of carbonyl (C=O) groups is 2. The molecule has 0 aliphatic carbocycles. The molecule has 0 spiro atoms. The number of phenols is 1. The van der Waals surface area contributed by atoms with Crippen LogP contribution in [-0.4, -0.2) is 59.5 Å². The number of para-hydroxylation sites is 1. The molecular weight excluding hydrogens is 310 g/mol. The number of hydrazone groups is 1. The average molecular weight is 331 g/mol. The van der Waals surface area contributed by atoms with Crippen LogP contribution in [0.3, 0.4) is 0 Å². The van der Waals surface area contributed by atoms with Gasteiger partial charge in [0.25, 0.3) is 5.91 Å². The summed E-state index contributed by atoms with van der Waals surface area (Å²) in [4.78, 5) is 26.7. The summed E-state index contributed by atoms with van der Waals surface area (Å²) in [6.07, 6.45) is 2.59. The highest BCUT2D eigenvalue weighted by atomic mass is 16.5. The molecule has 2 aliphatic heterocycles. The average Bonchev–Trinajstić information content (AvgIpc) is 2.92. The second-order valence-electron chi connectivity index (χ2n) is 6.04. The van der Waals surface area contributed by atoms with E-state index in [1.54, 1.807) is 24.3 Å². The summed E-state index contributed by atoms with van der Waals surface area (Å²) in [5, 5.41) is 15.0. The summed E-state index contributed by atoms with van der Waals surface area (Å²) in [5.41, 5.74) is 0.883. The lowest BCUT2D eigenvalue weighted by Gasteiger charge is -2.28. The Labute approximate surface area is 140 Å². The number of piperidine rings is 1. The molecule has 1 fully saturated rings. The molecule has 0 aromatic heterocycles. The Hall–Kier alpha value is -2.41. The molecular formula is C17H21N3O4. The number of aromatic hydroxyl groups is 1. The van der Waals surface area contributed by atoms with E-state index in [1.165, 1.54) is 13.5 Å². The van der Waals surface area contributed by atoms with Gasteiger partial charge < -0.3 is 14.7 Å². The van der Waals surface area contributed by atoms with Crippen molar-refractivity contribution in [3.63, 3.8) is 0 Å². The van der Waals surface area contributed by atoms with E-state index in [9.17, 15) is 14.7 Å². The number of phenolic OH excluding ortho intramolecular Hbond substituents is 1. The van der Waals surface area contributed by atoms with Gasteiger partial charge in [-0.3, -0.25) is 4.79 Å². The summed E-state index contributed by atoms with van der Waals surface area (Å²) in [6, 6.07) is 6.71. The molecule has 2 amide bonds. The van der Waals surface area contributed by atoms with Crippen molar-refractivity contribution in [2.75, 3.05) is 26.7 Å². The second kappa shape index (κ2) is 7.00. The molecule has 24 heavy (non-hydrogen) atoms. The highest BCUT2D eigenvalue weighted by Gasteiger charge is 2.42. The van der Waals surface area contributed by atoms with Crippen LogP contribution in [0.2, 0.25) is 0 Å². The first-order chi connectivity index (χ1) is 11.6. The van der Waals surface area contributed by atoms with Crippen molar-refractivity contribution in [3.8, 4) is 5.75 Å². The first-order valence-corrected chi connectivity index (χ1v) is 8.13. The minimum absolute atomic E-state index is 0.0411. The minimum Gasteiger partial charge on any atom is -0.507 e. The van der Waals surface area contributed by atoms with Crippen LogP contribution >= 0.6 is 0 Å². The van der Waals surface area contributed by atoms with Crippen molar-refractivity contribution < 1.29 is 19.4 Å². The molecule has 0 radical (unpaired) electrons. The summed E-state index contributed by atoms with van der Waals surface area (Å²) in [5.74, 6) is -0.958. The van der Waals surface area contributed by atoms with Gasteiger partial charge in [-0.2, -0.15) is 5.10 Å². The molecule has 0 bridgehead atoms. The molecule has 128 valence electrons. The Morgan fingerprint density at radius 2 is 2.00 bits per heavy atom. The van der Waals surface area contributed by atoms with Gasteiger partial charge in [0.05, 0.1) is 18.7 Å². The van der Waals surface area contributed by atoms with Gasteiger partial charge in [0, 0.05) is 12.1 Å². The number of hydrogen-bond donors (Lipinski definition) is 1. The van der Waals surface area contributed by atoms with Crippen molar-refractivity contribution in [1.82, 2.24) is 9.91 Å². The number of imide groups is 1. The van der Waals surface area contributed by atoms with E-state index < -0.39 is 17.9 Å². The van der Waals surface area contributed by atoms with Crippen LogP contribution < -0.4 is 0 Å². The number of likely N-dealkylation sites (tertiary alicyclic amines) is 1. The highest BCUT2D eigenvalue weighted by molar-refractivity contribution is 6.20. The number of ether oxygens (including phenoxy) is 1. The Kier molecular flexibility index (Phi) is 4.80. The summed E-state index contributed by atoms with van der Waals surface area (Å²) in [6.45, 7) is 2.34. The fourth-order valence-corrected chi connectivity index (χ4v) is 3.21. The van der Waals surface area contributed by atoms with E-state index in [4.69, 9.17) is 0 Å². The molecule has 7 nitrogen and oxygen atoms in total. The Morgan fingerprint density at radius 1 is 1.29 bits per heavy atom. The van der Waals surface area contributed by atoms with Crippen LogP contribution in [0.4, 0.5) is 4.79 Å². The van der Waals surface area contributed by atoms with Crippen molar-refractivity contribution in [1.29, 1.82) is 0 Å². The maximum atomic E-state index is 12.7. The molecule has 1 unspecified atom stereocenters. The fourth-order valence-electron chi connectivity index (χ4n) is 3.21. The third-order valence-corrected chi connectivity index (χ3v) is 4.46. The van der Waals surface area contributed by atoms with E-state index in [1.807, 2.05) is 0 Å². The van der Waals surface area contributed by atoms with Gasteiger partial charge in [0.1, 0.15) is 5.75 Å². The monoisotopic (exact) mass is 331 g/mol. The standard InChI is InChI=1S/C17H21N3O4/c1-24-17(23)20-16(22)13(11-19-9-5-2-6-10-19)15(18-20)12-7-3-4-8-14(12)21/h3-4,7-8,13,21H,2,5-6,9-11H2,1H3. The summed E-state index contributed by atoms with van der Waals surface area (Å²) < 4.78 is 4.64. The van der Waals surface area contributed by atoms with E-state index in [2.05, 4.69) is 14.7 Å². The summed E-state index contributed by atoms with van der Waals surface area (Å²) >= 11 is 0. The molecule has 1 N–H and O–H groups in total. The zero-order valence-electron chi connectivity index (χ0n) is 13.6. The Bertz CT molecular complexity index is 668. The number of amides is 2. The molecule has 0 saturated carbocycles. The van der Waals surface area contributed by atoms with Gasteiger partial charge in [-0.05, 0) is 38.1 Å². The number of hydrogen-bond acceptors (Lipinski definition) is 6. The van der Waals surface area contributed by atoms with Crippen molar-refractivity contribution in [3.05, 3.63) is 29.8 Å². The van der Waals surface area contributed by atoms with Crippen LogP contribution in [0.15, 0.2) is 29.4 Å². The van der Waals surface area contributed by atoms with E-state index >= 15 is 0 Å². The Morgan fingerprint density at radius 3 is 2.67 bits per heavy atom. The molecule has 1 aromatic carbocycles. The second-order valence-corrected chi connectivity index (χ2v) is 6.04. The number of nitrogens with zero attached hydrogens (tertiary/aromatic N) is 3. The first-order valence-electron chi connectivity index (χ1n) is 8.13. The van der Waals surface area contributed by atoms with Crippen molar-refractivity contribution in [2.24, 2.45) is 11.0 Å². The predicted molar refractivity (Wildman–Crippen MR) is 87.7 cm³/mol. The van der Waals surface area contributed by atoms with Crippen molar-refractivity contribution >= 4 is 17.7 Å². The SMILES string of the molecule is COC(=O)N1N=C(c2ccccc2O)C(CN2CCCCC2)C1=O. The largest absolute Gasteiger partial charge is 0.507 e. The van der Waals surface area contributed by atoms with Crippen molar-refractivity contribution in [2.45, 2.75) is 19.3 Å². The van der Waals surface area contributed by atoms with Crippen LogP contribution in [0.25, 0.3) is 0 Å². The fraction of sp³-hybridized carbons (Fsp3) is 0.471. The smallest absolute Gasteiger partial charge is 0.437 e. The number of methoxy groups -OCH3 is 1. The predicted octanol–water partition coefficient (Wildman–Crippen LogP) is 1.81. The van der Waals surface area contributed by atoms with E-state index in [-0.39, 0.29) is 5.75 Å². The van der Waals surface area contributed by atoms with E-state index in [0.717, 1.165) is 30.9 Å². The topological polar surface area (TPSA) is 82.4 Å². The number of benzene rings is 1. The van der Waals surface area contributed by atoms with Gasteiger partial charge in [-0.1, -0.05) is 18.6 Å². The minimum atomic E-state index is -0.811. The molecule has 1 aromatic rings. The van der Waals surface area contributed by atoms with Gasteiger partial charge in [0.2, 0.25) is 0 Å². The zero-order chi connectivity index (χ0) is 17.1. The number of rotatable bonds is 3. The molecule has 1 saturated heterocycles. The van der Waals surface area contributed by atoms with Gasteiger partial charge in [-0.15, -0.1) is 5.01 Å². The zero-order valence-corrected chi connectivity index (χ0v) is 13.6. The number of carbonyl (C=O) groups excluding carboxylic acids is 2. The van der Waals surface area contributed by atoms with Gasteiger partial charge in [-0.25, -0.2) is 4.79 Å². The van der Waals surface area contributed by atoms with Crippen LogP contribution in [0.1, 0.15) is 24.8 Å². The van der Waals surface area contributed by atoms with Gasteiger partial charge in [0.15, 0.2) is 0 Å². The lowest BCUT2D eigenvalue weighted by molar-refractivity contribution is -0.130.